The van der Waals surface area contributed by atoms with Crippen molar-refractivity contribution in [2.45, 2.75) is 23.4 Å². The van der Waals surface area contributed by atoms with Gasteiger partial charge in [0.15, 0.2) is 0 Å². The van der Waals surface area contributed by atoms with Crippen molar-refractivity contribution in [3.63, 3.8) is 0 Å². The molecule has 0 amide bonds. The van der Waals surface area contributed by atoms with E-state index in [9.17, 15) is 4.39 Å². The lowest BCUT2D eigenvalue weighted by atomic mass is 10.1. The highest BCUT2D eigenvalue weighted by atomic mass is 35.5. The van der Waals surface area contributed by atoms with Gasteiger partial charge in [0.25, 0.3) is 0 Å². The molecular weight excluding hydrogens is 359 g/mol. The van der Waals surface area contributed by atoms with Crippen molar-refractivity contribution in [2.24, 2.45) is 0 Å². The van der Waals surface area contributed by atoms with Gasteiger partial charge in [-0.05, 0) is 24.6 Å². The van der Waals surface area contributed by atoms with Crippen molar-refractivity contribution >= 4 is 46.0 Å². The second kappa shape index (κ2) is 7.08. The van der Waals surface area contributed by atoms with Crippen molar-refractivity contribution in [1.82, 2.24) is 9.97 Å². The number of halogens is 2. The zero-order valence-corrected chi connectivity index (χ0v) is 14.9. The second-order valence-electron chi connectivity index (χ2n) is 4.69. The van der Waals surface area contributed by atoms with Gasteiger partial charge in [-0.1, -0.05) is 29.4 Å². The van der Waals surface area contributed by atoms with Gasteiger partial charge in [0.2, 0.25) is 0 Å². The van der Waals surface area contributed by atoms with E-state index in [2.05, 4.69) is 15.3 Å². The molecule has 0 unspecified atom stereocenters. The van der Waals surface area contributed by atoms with Crippen molar-refractivity contribution in [3.05, 3.63) is 61.8 Å². The van der Waals surface area contributed by atoms with Crippen LogP contribution in [0.2, 0.25) is 5.02 Å². The predicted molar refractivity (Wildman–Crippen MR) is 92.7 cm³/mol. The minimum absolute atomic E-state index is 0.316. The lowest BCUT2D eigenvalue weighted by molar-refractivity contribution is 0.627. The van der Waals surface area contributed by atoms with Crippen LogP contribution in [-0.2, 0) is 12.2 Å². The quantitative estimate of drug-likeness (QED) is 0.548. The third kappa shape index (κ3) is 4.07. The fraction of sp³-hybridized carbons (Fsp3) is 0.200. The first-order valence-corrected chi connectivity index (χ1v) is 9.64. The highest BCUT2D eigenvalue weighted by Gasteiger charge is 2.08. The van der Waals surface area contributed by atoms with Crippen LogP contribution in [0.15, 0.2) is 33.3 Å². The summed E-state index contributed by atoms with van der Waals surface area (Å²) in [7, 11) is 0. The average molecular weight is 371 g/mol. The zero-order valence-electron chi connectivity index (χ0n) is 11.7. The van der Waals surface area contributed by atoms with E-state index < -0.39 is 0 Å². The lowest BCUT2D eigenvalue weighted by Crippen LogP contribution is -1.90. The highest BCUT2D eigenvalue weighted by molar-refractivity contribution is 8.00. The topological polar surface area (TPSA) is 25.8 Å². The van der Waals surface area contributed by atoms with Gasteiger partial charge < -0.3 is 0 Å². The molecule has 0 fully saturated rings. The number of benzene rings is 1. The van der Waals surface area contributed by atoms with Crippen LogP contribution in [0.5, 0.6) is 0 Å². The molecule has 2 aromatic heterocycles. The monoisotopic (exact) mass is 370 g/mol. The van der Waals surface area contributed by atoms with Crippen LogP contribution < -0.4 is 0 Å². The van der Waals surface area contributed by atoms with E-state index in [0.29, 0.717) is 11.4 Å². The van der Waals surface area contributed by atoms with Gasteiger partial charge in [-0.15, -0.1) is 22.7 Å². The number of thioether (sulfide) groups is 1. The molecule has 3 aromatic rings. The number of rotatable bonds is 5. The Morgan fingerprint density at radius 1 is 1.23 bits per heavy atom. The summed E-state index contributed by atoms with van der Waals surface area (Å²) >= 11 is 11.0. The third-order valence-corrected chi connectivity index (χ3v) is 6.32. The molecule has 0 bridgehead atoms. The van der Waals surface area contributed by atoms with E-state index in [1.807, 2.05) is 12.3 Å². The first-order chi connectivity index (χ1) is 10.6. The number of thiazole rings is 2. The maximum Gasteiger partial charge on any atom is 0.150 e. The largest absolute Gasteiger partial charge is 0.245 e. The van der Waals surface area contributed by atoms with Gasteiger partial charge in [-0.2, -0.15) is 0 Å². The average Bonchev–Trinajstić information content (AvgIpc) is 3.09. The molecule has 0 saturated carbocycles. The normalized spacial score (nSPS) is 11.0. The van der Waals surface area contributed by atoms with Crippen molar-refractivity contribution in [2.75, 3.05) is 0 Å². The molecule has 0 aliphatic rings. The van der Waals surface area contributed by atoms with E-state index >= 15 is 0 Å². The summed E-state index contributed by atoms with van der Waals surface area (Å²) in [5.41, 5.74) is 2.99. The van der Waals surface area contributed by atoms with E-state index in [0.717, 1.165) is 32.1 Å². The Hall–Kier alpha value is -0.950. The van der Waals surface area contributed by atoms with Gasteiger partial charge in [0, 0.05) is 33.7 Å². The van der Waals surface area contributed by atoms with E-state index in [1.54, 1.807) is 40.5 Å². The maximum absolute atomic E-state index is 13.0. The maximum atomic E-state index is 13.0. The summed E-state index contributed by atoms with van der Waals surface area (Å²) in [6, 6.07) is 4.48. The smallest absolute Gasteiger partial charge is 0.150 e. The molecule has 0 aliphatic carbocycles. The first-order valence-electron chi connectivity index (χ1n) is 6.52. The van der Waals surface area contributed by atoms with Crippen LogP contribution in [0.1, 0.15) is 22.0 Å². The molecule has 3 rings (SSSR count). The second-order valence-corrected chi connectivity index (χ2v) is 8.12. The fourth-order valence-corrected chi connectivity index (χ4v) is 4.76. The standard InChI is InChI=1S/C15H12ClFN2S3/c1-9-6-21-15(18-9)22-8-12-7-20-14(19-12)4-10-2-3-11(17)5-13(10)16/h2-3,5-7H,4,8H2,1H3. The molecule has 1 aromatic carbocycles. The van der Waals surface area contributed by atoms with Crippen LogP contribution in [0.4, 0.5) is 4.39 Å². The third-order valence-electron chi connectivity index (χ3n) is 2.90. The summed E-state index contributed by atoms with van der Waals surface area (Å²) in [5.74, 6) is 0.490. The van der Waals surface area contributed by atoms with Gasteiger partial charge in [-0.3, -0.25) is 0 Å². The molecule has 7 heteroatoms. The molecule has 22 heavy (non-hydrogen) atoms. The Morgan fingerprint density at radius 2 is 2.09 bits per heavy atom. The molecule has 0 aliphatic heterocycles. The molecule has 0 saturated heterocycles. The van der Waals surface area contributed by atoms with Crippen LogP contribution in [0.3, 0.4) is 0 Å². The number of hydrogen-bond donors (Lipinski definition) is 0. The molecular formula is C15H12ClFN2S3. The molecule has 114 valence electrons. The van der Waals surface area contributed by atoms with E-state index in [-0.39, 0.29) is 5.82 Å². The van der Waals surface area contributed by atoms with E-state index in [4.69, 9.17) is 11.6 Å². The van der Waals surface area contributed by atoms with Gasteiger partial charge in [0.05, 0.1) is 10.7 Å². The van der Waals surface area contributed by atoms with Crippen molar-refractivity contribution < 1.29 is 4.39 Å². The molecule has 2 nitrogen and oxygen atoms in total. The SMILES string of the molecule is Cc1csc(SCc2csc(Cc3ccc(F)cc3Cl)n2)n1. The van der Waals surface area contributed by atoms with E-state index in [1.165, 1.54) is 12.1 Å². The minimum Gasteiger partial charge on any atom is -0.245 e. The van der Waals surface area contributed by atoms with Crippen molar-refractivity contribution in [1.29, 1.82) is 0 Å². The number of aryl methyl sites for hydroxylation is 1. The number of hydrogen-bond acceptors (Lipinski definition) is 5. The predicted octanol–water partition coefficient (Wildman–Crippen LogP) is 5.58. The van der Waals surface area contributed by atoms with Gasteiger partial charge >= 0.3 is 0 Å². The summed E-state index contributed by atoms with van der Waals surface area (Å²) in [6.07, 6.45) is 0.630. The van der Waals surface area contributed by atoms with Crippen LogP contribution >= 0.6 is 46.0 Å². The summed E-state index contributed by atoms with van der Waals surface area (Å²) in [6.45, 7) is 1.99. The van der Waals surface area contributed by atoms with Crippen LogP contribution in [-0.4, -0.2) is 9.97 Å². The first kappa shape index (κ1) is 15.9. The lowest BCUT2D eigenvalue weighted by Gasteiger charge is -2.01. The van der Waals surface area contributed by atoms with Gasteiger partial charge in [0.1, 0.15) is 10.2 Å². The molecule has 0 atom stereocenters. The molecule has 0 radical (unpaired) electrons. The summed E-state index contributed by atoms with van der Waals surface area (Å²) in [5, 5.41) is 5.54. The van der Waals surface area contributed by atoms with Gasteiger partial charge in [-0.25, -0.2) is 14.4 Å². The van der Waals surface area contributed by atoms with Crippen LogP contribution in [0.25, 0.3) is 0 Å². The summed E-state index contributed by atoms with van der Waals surface area (Å²) in [4.78, 5) is 9.04. The zero-order chi connectivity index (χ0) is 15.5. The number of aromatic nitrogens is 2. The van der Waals surface area contributed by atoms with Crippen molar-refractivity contribution in [3.8, 4) is 0 Å². The molecule has 0 spiro atoms. The minimum atomic E-state index is -0.316. The summed E-state index contributed by atoms with van der Waals surface area (Å²) < 4.78 is 14.1. The highest BCUT2D eigenvalue weighted by Crippen LogP contribution is 2.27. The van der Waals surface area contributed by atoms with Crippen LogP contribution in [0, 0.1) is 12.7 Å². The number of nitrogens with zero attached hydrogens (tertiary/aromatic N) is 2. The molecule has 2 heterocycles. The fourth-order valence-electron chi connectivity index (χ4n) is 1.86. The Balaban J connectivity index is 1.63. The Bertz CT molecular complexity index is 785. The Morgan fingerprint density at radius 3 is 2.82 bits per heavy atom. The Kier molecular flexibility index (Phi) is 5.13. The Labute approximate surface area is 145 Å². The molecule has 0 N–H and O–H groups in total.